The molecule has 4 nitrogen and oxygen atoms in total. The molecule has 1 radical (unpaired) electrons. The number of nitrogens with zero attached hydrogens (tertiary/aromatic N) is 1. The predicted octanol–water partition coefficient (Wildman–Crippen LogP) is 13.6. The second-order valence-electron chi connectivity index (χ2n) is 16.4. The largest absolute Gasteiger partial charge is 0.512 e. The van der Waals surface area contributed by atoms with Gasteiger partial charge in [0.15, 0.2) is 5.78 Å². The number of aromatic nitrogens is 1. The summed E-state index contributed by atoms with van der Waals surface area (Å²) in [5, 5.41) is 15.0. The fourth-order valence-electron chi connectivity index (χ4n) is 6.67. The summed E-state index contributed by atoms with van der Waals surface area (Å²) in [6.07, 6.45) is 4.75. The van der Waals surface area contributed by atoms with Crippen LogP contribution in [0.1, 0.15) is 92.6 Å². The number of benzene rings is 4. The number of aliphatic hydroxyl groups is 1. The van der Waals surface area contributed by atoms with Gasteiger partial charge in [-0.2, -0.15) is 0 Å². The van der Waals surface area contributed by atoms with Gasteiger partial charge in [-0.25, -0.2) is 0 Å². The first-order valence-electron chi connectivity index (χ1n) is 19.4. The fraction of sp³-hybridized carbons (Fsp3) is 0.375. The van der Waals surface area contributed by atoms with Crippen LogP contribution in [0.2, 0.25) is 19.6 Å². The molecule has 0 unspecified atom stereocenters. The average Bonchev–Trinajstić information content (AvgIpc) is 3.55. The van der Waals surface area contributed by atoms with Crippen LogP contribution in [0.4, 0.5) is 0 Å². The van der Waals surface area contributed by atoms with Crippen molar-refractivity contribution in [3.63, 3.8) is 0 Å². The molecular weight excluding hydrogens is 859 g/mol. The van der Waals surface area contributed by atoms with Crippen molar-refractivity contribution in [2.45, 2.75) is 107 Å². The number of hydrogen-bond donors (Lipinski definition) is 1. The Kier molecular flexibility index (Phi) is 13.8. The van der Waals surface area contributed by atoms with Crippen molar-refractivity contribution in [2.24, 2.45) is 10.8 Å². The molecule has 0 aliphatic rings. The van der Waals surface area contributed by atoms with E-state index in [0.29, 0.717) is 5.92 Å². The predicted molar refractivity (Wildman–Crippen MR) is 229 cm³/mol. The van der Waals surface area contributed by atoms with Gasteiger partial charge in [-0.05, 0) is 66.1 Å². The Bertz CT molecular complexity index is 2250. The Balaban J connectivity index is 0.000000309. The minimum Gasteiger partial charge on any atom is -0.512 e. The molecule has 0 amide bonds. The van der Waals surface area contributed by atoms with Crippen molar-refractivity contribution in [1.29, 1.82) is 0 Å². The monoisotopic (exact) mass is 917 g/mol. The zero-order valence-electron chi connectivity index (χ0n) is 34.1. The Morgan fingerprint density at radius 2 is 1.48 bits per heavy atom. The van der Waals surface area contributed by atoms with Crippen molar-refractivity contribution in [1.82, 2.24) is 4.98 Å². The van der Waals surface area contributed by atoms with Crippen LogP contribution in [0.25, 0.3) is 55.2 Å². The molecule has 0 fully saturated rings. The smallest absolute Gasteiger partial charge is 0.164 e. The zero-order chi connectivity index (χ0) is 38.7. The molecule has 0 saturated heterocycles. The molecule has 6 rings (SSSR count). The first-order valence-corrected chi connectivity index (χ1v) is 22.9. The van der Waals surface area contributed by atoms with Gasteiger partial charge < -0.3 is 9.52 Å². The van der Waals surface area contributed by atoms with Crippen LogP contribution in [-0.2, 0) is 24.9 Å². The van der Waals surface area contributed by atoms with Gasteiger partial charge in [-0.1, -0.05) is 152 Å². The molecular formula is C48H58IrNO3Si-. The maximum absolute atomic E-state index is 12.2. The van der Waals surface area contributed by atoms with Crippen molar-refractivity contribution in [3.8, 4) is 22.4 Å². The number of rotatable bonds is 11. The van der Waals surface area contributed by atoms with Gasteiger partial charge in [0.2, 0.25) is 0 Å². The van der Waals surface area contributed by atoms with Crippen molar-refractivity contribution < 1.29 is 34.4 Å². The summed E-state index contributed by atoms with van der Waals surface area (Å²) in [6, 6.07) is 33.7. The van der Waals surface area contributed by atoms with E-state index < -0.39 is 8.07 Å². The first kappa shape index (κ1) is 42.9. The number of ketones is 1. The van der Waals surface area contributed by atoms with Gasteiger partial charge in [-0.3, -0.25) is 9.78 Å². The van der Waals surface area contributed by atoms with Gasteiger partial charge in [0, 0.05) is 47.8 Å². The SMILES string of the molecule is CC(C)c1ccc2c(c1)oc1c(-c3cc(-c4ccccc4)c4cc([Si](C)(C)C)ccc4n3)[c-]ccc12.CCC(C)(CC)C(=O)/C=C(\O)C(C)(CC)CC.[Ir]. The number of carbonyl (C=O) groups excluding carboxylic acids is 1. The third-order valence-electron chi connectivity index (χ3n) is 11.7. The van der Waals surface area contributed by atoms with Gasteiger partial charge in [0.1, 0.15) is 11.3 Å². The first-order chi connectivity index (χ1) is 25.1. The van der Waals surface area contributed by atoms with Crippen LogP contribution in [0, 0.1) is 16.9 Å². The minimum absolute atomic E-state index is 0. The Morgan fingerprint density at radius 3 is 2.07 bits per heavy atom. The van der Waals surface area contributed by atoms with Crippen LogP contribution in [0.5, 0.6) is 0 Å². The summed E-state index contributed by atoms with van der Waals surface area (Å²) in [4.78, 5) is 17.3. The standard InChI is InChI=1S/C33H30NOSi.C15H28O2.Ir/c1-21(2)23-14-16-25-26-12-9-13-27(33(26)35-32(25)18-23)31-20-28(22-10-7-6-8-11-22)29-19-24(36(3,4)5)15-17-30(29)34-31;1-7-14(5,8-2)12(16)11-13(17)15(6,9-3)10-4;/h6-12,14-21H,1-5H3;11,16H,7-10H2,1-6H3;/q-1;;/b;12-11-;. The summed E-state index contributed by atoms with van der Waals surface area (Å²) in [7, 11) is -1.47. The number of aliphatic hydroxyl groups excluding tert-OH is 1. The third kappa shape index (κ3) is 8.83. The number of allylic oxidation sites excluding steroid dienone is 2. The van der Waals surface area contributed by atoms with Gasteiger partial charge in [-0.15, -0.1) is 18.2 Å². The summed E-state index contributed by atoms with van der Waals surface area (Å²) in [6.45, 7) is 23.7. The van der Waals surface area contributed by atoms with E-state index in [2.05, 4.69) is 118 Å². The number of carbonyl (C=O) groups is 1. The molecule has 0 bridgehead atoms. The fourth-order valence-corrected chi connectivity index (χ4v) is 7.83. The summed E-state index contributed by atoms with van der Waals surface area (Å²) in [5.41, 5.74) is 7.61. The molecule has 0 aliphatic heterocycles. The molecule has 0 aliphatic carbocycles. The van der Waals surface area contributed by atoms with E-state index >= 15 is 0 Å². The number of pyridine rings is 1. The molecule has 6 heteroatoms. The molecule has 0 spiro atoms. The van der Waals surface area contributed by atoms with Crippen LogP contribution >= 0.6 is 0 Å². The van der Waals surface area contributed by atoms with Gasteiger partial charge in [0.25, 0.3) is 0 Å². The number of hydrogen-bond acceptors (Lipinski definition) is 4. The molecule has 4 aromatic carbocycles. The van der Waals surface area contributed by atoms with Gasteiger partial charge in [0.05, 0.1) is 19.2 Å². The molecule has 54 heavy (non-hydrogen) atoms. The normalized spacial score (nSPS) is 12.6. The van der Waals surface area contributed by atoms with Crippen LogP contribution in [0.15, 0.2) is 101 Å². The molecule has 0 atom stereocenters. The Labute approximate surface area is 337 Å². The topological polar surface area (TPSA) is 63.3 Å². The third-order valence-corrected chi connectivity index (χ3v) is 13.8. The van der Waals surface area contributed by atoms with Crippen LogP contribution in [0.3, 0.4) is 0 Å². The molecule has 1 N–H and O–H groups in total. The maximum atomic E-state index is 12.2. The van der Waals surface area contributed by atoms with Crippen molar-refractivity contribution >= 4 is 51.9 Å². The van der Waals surface area contributed by atoms with E-state index in [1.807, 2.05) is 47.6 Å². The summed E-state index contributed by atoms with van der Waals surface area (Å²) >= 11 is 0. The second-order valence-corrected chi connectivity index (χ2v) is 21.5. The quantitative estimate of drug-likeness (QED) is 0.0609. The molecule has 2 aromatic heterocycles. The minimum atomic E-state index is -1.47. The number of furan rings is 1. The van der Waals surface area contributed by atoms with E-state index in [9.17, 15) is 9.90 Å². The maximum Gasteiger partial charge on any atom is 0.164 e. The Hall–Kier alpha value is -3.83. The second kappa shape index (κ2) is 17.3. The molecule has 287 valence electrons. The van der Waals surface area contributed by atoms with E-state index in [1.165, 1.54) is 33.3 Å². The molecule has 0 saturated carbocycles. The summed E-state index contributed by atoms with van der Waals surface area (Å²) < 4.78 is 6.48. The van der Waals surface area contributed by atoms with Crippen LogP contribution in [-0.4, -0.2) is 23.9 Å². The van der Waals surface area contributed by atoms with Gasteiger partial charge >= 0.3 is 0 Å². The zero-order valence-corrected chi connectivity index (χ0v) is 37.5. The van der Waals surface area contributed by atoms with Crippen molar-refractivity contribution in [2.75, 3.05) is 0 Å². The molecule has 6 aromatic rings. The van der Waals surface area contributed by atoms with Crippen molar-refractivity contribution in [3.05, 3.63) is 108 Å². The molecule has 2 heterocycles. The van der Waals surface area contributed by atoms with Crippen LogP contribution < -0.4 is 5.19 Å². The van der Waals surface area contributed by atoms with E-state index in [-0.39, 0.29) is 42.5 Å². The summed E-state index contributed by atoms with van der Waals surface area (Å²) in [5.74, 6) is 0.735. The average molecular weight is 917 g/mol. The van der Waals surface area contributed by atoms with E-state index in [0.717, 1.165) is 64.4 Å². The number of fused-ring (bicyclic) bond motifs is 4. The van der Waals surface area contributed by atoms with E-state index in [1.54, 1.807) is 0 Å². The Morgan fingerprint density at radius 1 is 0.833 bits per heavy atom. The van der Waals surface area contributed by atoms with E-state index in [4.69, 9.17) is 9.40 Å².